The number of hydrogen-bond donors (Lipinski definition) is 1. The molecular weight excluding hydrogens is 377 g/mol. The van der Waals surface area contributed by atoms with Crippen LogP contribution in [0.1, 0.15) is 11.1 Å². The topological polar surface area (TPSA) is 110 Å². The lowest BCUT2D eigenvalue weighted by Crippen LogP contribution is -2.47. The Hall–Kier alpha value is -4.12. The third-order valence-electron chi connectivity index (χ3n) is 5.44. The molecule has 2 aliphatic heterocycles. The van der Waals surface area contributed by atoms with Gasteiger partial charge in [-0.3, -0.25) is 4.79 Å². The Bertz CT molecular complexity index is 1380. The lowest BCUT2D eigenvalue weighted by atomic mass is 9.69. The standard InChI is InChI=1S/C21H12FN3O4/c1-25-14-7-6-10(22)8-12(14)21(20(25)27)13(9-23)18(24)29-17-11-4-2-3-5-15(11)28-19(26)16(17)21/h2-8H,24H2,1H3/t21-/m1/s1. The van der Waals surface area contributed by atoms with Crippen molar-refractivity contribution < 1.29 is 18.3 Å². The minimum atomic E-state index is -1.96. The van der Waals surface area contributed by atoms with Crippen LogP contribution in [0.25, 0.3) is 11.0 Å². The van der Waals surface area contributed by atoms with Crippen molar-refractivity contribution in [2.24, 2.45) is 5.73 Å². The molecule has 3 heterocycles. The molecule has 1 amide bonds. The second-order valence-electron chi connectivity index (χ2n) is 6.82. The van der Waals surface area contributed by atoms with Gasteiger partial charge in [0.15, 0.2) is 11.2 Å². The zero-order valence-corrected chi connectivity index (χ0v) is 15.0. The predicted molar refractivity (Wildman–Crippen MR) is 101 cm³/mol. The Morgan fingerprint density at radius 1 is 1.21 bits per heavy atom. The van der Waals surface area contributed by atoms with Crippen LogP contribution in [0.3, 0.4) is 0 Å². The maximum Gasteiger partial charge on any atom is 0.345 e. The first-order chi connectivity index (χ1) is 13.9. The number of nitrogens with zero attached hydrogens (tertiary/aromatic N) is 2. The molecule has 0 fully saturated rings. The predicted octanol–water partition coefficient (Wildman–Crippen LogP) is 2.28. The molecule has 5 rings (SSSR count). The lowest BCUT2D eigenvalue weighted by Gasteiger charge is -2.33. The first-order valence-corrected chi connectivity index (χ1v) is 8.64. The number of nitrogens with two attached hydrogens (primary N) is 1. The summed E-state index contributed by atoms with van der Waals surface area (Å²) in [5.74, 6) is -1.55. The highest BCUT2D eigenvalue weighted by Crippen LogP contribution is 2.54. The molecule has 3 aromatic rings. The summed E-state index contributed by atoms with van der Waals surface area (Å²) in [5.41, 5.74) is 3.48. The van der Waals surface area contributed by atoms with Gasteiger partial charge >= 0.3 is 5.63 Å². The SMILES string of the molecule is CN1C(=O)[C@@]2(C(C#N)=C(N)Oc3c2c(=O)oc2ccccc32)c2cc(F)ccc21. The molecule has 2 aromatic carbocycles. The van der Waals surface area contributed by atoms with E-state index >= 15 is 0 Å². The zero-order chi connectivity index (χ0) is 20.5. The Labute approximate surface area is 163 Å². The Kier molecular flexibility index (Phi) is 3.20. The summed E-state index contributed by atoms with van der Waals surface area (Å²) < 4.78 is 25.3. The lowest BCUT2D eigenvalue weighted by molar-refractivity contribution is -0.120. The summed E-state index contributed by atoms with van der Waals surface area (Å²) in [6.07, 6.45) is 0. The number of benzene rings is 2. The molecular formula is C21H12FN3O4. The van der Waals surface area contributed by atoms with E-state index in [1.54, 1.807) is 24.3 Å². The number of likely N-dealkylation sites (N-methyl/N-ethyl adjacent to an activating group) is 1. The third-order valence-corrected chi connectivity index (χ3v) is 5.44. The van der Waals surface area contributed by atoms with E-state index in [0.717, 1.165) is 6.07 Å². The molecule has 0 bridgehead atoms. The minimum Gasteiger partial charge on any atom is -0.439 e. The van der Waals surface area contributed by atoms with Gasteiger partial charge in [0.1, 0.15) is 28.6 Å². The number of hydrogen-bond acceptors (Lipinski definition) is 6. The fourth-order valence-electron chi connectivity index (χ4n) is 4.22. The summed E-state index contributed by atoms with van der Waals surface area (Å²) in [4.78, 5) is 27.9. The number of carbonyl (C=O) groups is 1. The van der Waals surface area contributed by atoms with E-state index in [0.29, 0.717) is 11.1 Å². The molecule has 0 aliphatic carbocycles. The van der Waals surface area contributed by atoms with Gasteiger partial charge in [-0.25, -0.2) is 9.18 Å². The van der Waals surface area contributed by atoms with E-state index < -0.39 is 22.8 Å². The number of ether oxygens (including phenoxy) is 1. The van der Waals surface area contributed by atoms with E-state index in [2.05, 4.69) is 0 Å². The van der Waals surface area contributed by atoms with E-state index in [1.165, 1.54) is 24.1 Å². The molecule has 0 saturated heterocycles. The van der Waals surface area contributed by atoms with E-state index in [9.17, 15) is 19.2 Å². The molecule has 7 nitrogen and oxygen atoms in total. The number of anilines is 1. The maximum absolute atomic E-state index is 14.2. The van der Waals surface area contributed by atoms with Crippen LogP contribution in [-0.2, 0) is 10.2 Å². The van der Waals surface area contributed by atoms with Crippen molar-refractivity contribution in [3.63, 3.8) is 0 Å². The quantitative estimate of drug-likeness (QED) is 0.591. The first-order valence-electron chi connectivity index (χ1n) is 8.64. The fraction of sp³-hybridized carbons (Fsp3) is 0.0952. The summed E-state index contributed by atoms with van der Waals surface area (Å²) in [6, 6.07) is 12.2. The highest BCUT2D eigenvalue weighted by molar-refractivity contribution is 6.14. The molecule has 8 heteroatoms. The number of rotatable bonds is 0. The van der Waals surface area contributed by atoms with Gasteiger partial charge in [0.2, 0.25) is 11.8 Å². The van der Waals surface area contributed by atoms with Gasteiger partial charge in [-0.1, -0.05) is 12.1 Å². The summed E-state index contributed by atoms with van der Waals surface area (Å²) in [6.45, 7) is 0. The van der Waals surface area contributed by atoms with Gasteiger partial charge in [0.05, 0.1) is 5.39 Å². The van der Waals surface area contributed by atoms with Crippen molar-refractivity contribution in [1.29, 1.82) is 5.26 Å². The van der Waals surface area contributed by atoms with Crippen LogP contribution >= 0.6 is 0 Å². The molecule has 142 valence electrons. The van der Waals surface area contributed by atoms with Crippen LogP contribution in [0, 0.1) is 17.1 Å². The maximum atomic E-state index is 14.2. The number of para-hydroxylation sites is 1. The fourth-order valence-corrected chi connectivity index (χ4v) is 4.22. The van der Waals surface area contributed by atoms with Gasteiger partial charge in [-0.2, -0.15) is 5.26 Å². The monoisotopic (exact) mass is 389 g/mol. The van der Waals surface area contributed by atoms with Crippen molar-refractivity contribution in [1.82, 2.24) is 0 Å². The van der Waals surface area contributed by atoms with Crippen LogP contribution in [0.2, 0.25) is 0 Å². The van der Waals surface area contributed by atoms with Gasteiger partial charge in [-0.15, -0.1) is 0 Å². The largest absolute Gasteiger partial charge is 0.439 e. The van der Waals surface area contributed by atoms with Crippen molar-refractivity contribution in [2.45, 2.75) is 5.41 Å². The smallest absolute Gasteiger partial charge is 0.345 e. The van der Waals surface area contributed by atoms with Crippen molar-refractivity contribution >= 4 is 22.6 Å². The Balaban J connectivity index is 2.04. The van der Waals surface area contributed by atoms with Crippen LogP contribution in [0.5, 0.6) is 5.75 Å². The molecule has 29 heavy (non-hydrogen) atoms. The number of fused-ring (bicyclic) bond motifs is 6. The van der Waals surface area contributed by atoms with E-state index in [-0.39, 0.29) is 33.9 Å². The minimum absolute atomic E-state index is 0.0206. The van der Waals surface area contributed by atoms with Crippen LogP contribution in [-0.4, -0.2) is 13.0 Å². The summed E-state index contributed by atoms with van der Waals surface area (Å²) in [5, 5.41) is 10.3. The number of carbonyl (C=O) groups excluding carboxylic acids is 1. The first kappa shape index (κ1) is 17.0. The highest BCUT2D eigenvalue weighted by Gasteiger charge is 2.60. The van der Waals surface area contributed by atoms with Crippen LogP contribution < -0.4 is 21.0 Å². The molecule has 1 atom stereocenters. The molecule has 0 unspecified atom stereocenters. The Morgan fingerprint density at radius 3 is 2.72 bits per heavy atom. The second-order valence-corrected chi connectivity index (χ2v) is 6.82. The highest BCUT2D eigenvalue weighted by atomic mass is 19.1. The zero-order valence-electron chi connectivity index (χ0n) is 15.0. The molecule has 2 aliphatic rings. The average Bonchev–Trinajstić information content (AvgIpc) is 2.90. The third kappa shape index (κ3) is 1.88. The number of nitriles is 1. The van der Waals surface area contributed by atoms with E-state index in [1.807, 2.05) is 6.07 Å². The normalized spacial score (nSPS) is 19.9. The van der Waals surface area contributed by atoms with Gasteiger partial charge in [0, 0.05) is 18.3 Å². The average molecular weight is 389 g/mol. The number of halogens is 1. The molecule has 1 aromatic heterocycles. The Morgan fingerprint density at radius 2 is 1.97 bits per heavy atom. The molecule has 0 saturated carbocycles. The van der Waals surface area contributed by atoms with Crippen LogP contribution in [0.4, 0.5) is 10.1 Å². The van der Waals surface area contributed by atoms with Gasteiger partial charge in [0.25, 0.3) is 0 Å². The summed E-state index contributed by atoms with van der Waals surface area (Å²) >= 11 is 0. The van der Waals surface area contributed by atoms with Gasteiger partial charge < -0.3 is 19.8 Å². The van der Waals surface area contributed by atoms with Crippen molar-refractivity contribution in [3.05, 3.63) is 81.3 Å². The summed E-state index contributed by atoms with van der Waals surface area (Å²) in [7, 11) is 1.48. The molecule has 0 radical (unpaired) electrons. The van der Waals surface area contributed by atoms with Crippen LogP contribution in [0.15, 0.2) is 63.1 Å². The van der Waals surface area contributed by atoms with Crippen molar-refractivity contribution in [3.8, 4) is 11.8 Å². The molecule has 1 spiro atoms. The number of amides is 1. The van der Waals surface area contributed by atoms with Gasteiger partial charge in [-0.05, 0) is 30.3 Å². The van der Waals surface area contributed by atoms with E-state index in [4.69, 9.17) is 14.9 Å². The van der Waals surface area contributed by atoms with Crippen molar-refractivity contribution in [2.75, 3.05) is 11.9 Å². The molecule has 2 N–H and O–H groups in total. The second kappa shape index (κ2) is 5.45.